The number of aromatic nitrogens is 2. The van der Waals surface area contributed by atoms with Crippen LogP contribution in [0.1, 0.15) is 23.3 Å². The average Bonchev–Trinajstić information content (AvgIpc) is 2.42. The molecule has 1 saturated heterocycles. The first-order valence-electron chi connectivity index (χ1n) is 5.87. The van der Waals surface area contributed by atoms with Crippen molar-refractivity contribution in [2.75, 3.05) is 26.1 Å². The van der Waals surface area contributed by atoms with Gasteiger partial charge in [-0.1, -0.05) is 0 Å². The van der Waals surface area contributed by atoms with E-state index in [1.807, 2.05) is 0 Å². The molecule has 0 spiro atoms. The molecular weight excluding hydrogens is 333 g/mol. The Labute approximate surface area is 122 Å². The molecule has 2 N–H and O–H groups in total. The molecule has 1 fully saturated rings. The molecule has 1 aliphatic heterocycles. The molecule has 1 aromatic heterocycles. The number of nitrogens with zero attached hydrogens (tertiary/aromatic N) is 2. The summed E-state index contributed by atoms with van der Waals surface area (Å²) in [6, 6.07) is 0. The quantitative estimate of drug-likeness (QED) is 0.476. The van der Waals surface area contributed by atoms with Crippen molar-refractivity contribution in [1.29, 1.82) is 0 Å². The second-order valence-corrected chi connectivity index (χ2v) is 7.78. The first-order chi connectivity index (χ1) is 9.11. The van der Waals surface area contributed by atoms with Crippen molar-refractivity contribution in [3.63, 3.8) is 0 Å². The fourth-order valence-corrected chi connectivity index (χ4v) is 5.00. The van der Waals surface area contributed by atoms with Crippen molar-refractivity contribution in [3.05, 3.63) is 11.0 Å². The Balaban J connectivity index is 2.24. The van der Waals surface area contributed by atoms with Crippen molar-refractivity contribution in [2.45, 2.75) is 17.5 Å². The molecule has 104 valence electrons. The summed E-state index contributed by atoms with van der Waals surface area (Å²) in [5.41, 5.74) is 6.33. The maximum absolute atomic E-state index is 11.6. The Morgan fingerprint density at radius 3 is 2.79 bits per heavy atom. The summed E-state index contributed by atoms with van der Waals surface area (Å²) < 4.78 is 11.3. The molecule has 1 aliphatic rings. The topological polar surface area (TPSA) is 87.3 Å². The predicted octanol–water partition coefficient (Wildman–Crippen LogP) is 0.160. The van der Waals surface area contributed by atoms with Gasteiger partial charge in [-0.25, -0.2) is 0 Å². The van der Waals surface area contributed by atoms with Gasteiger partial charge in [0, 0.05) is 0 Å². The zero-order valence-electron chi connectivity index (χ0n) is 10.5. The molecule has 0 amide bonds. The van der Waals surface area contributed by atoms with E-state index in [9.17, 15) is 4.79 Å². The van der Waals surface area contributed by atoms with Gasteiger partial charge in [0.25, 0.3) is 0 Å². The number of halogens is 1. The van der Waals surface area contributed by atoms with Gasteiger partial charge in [-0.05, 0) is 0 Å². The van der Waals surface area contributed by atoms with Crippen LogP contribution in [0.4, 0.5) is 5.69 Å². The Kier molecular flexibility index (Phi) is 5.02. The molecule has 1 aromatic rings. The van der Waals surface area contributed by atoms with E-state index in [-0.39, 0.29) is 11.0 Å². The Hall–Kier alpha value is -0.842. The Bertz CT molecular complexity index is 480. The second kappa shape index (κ2) is 6.55. The second-order valence-electron chi connectivity index (χ2n) is 4.13. The van der Waals surface area contributed by atoms with Crippen LogP contribution >= 0.6 is 11.6 Å². The molecule has 0 bridgehead atoms. The van der Waals surface area contributed by atoms with E-state index >= 15 is 0 Å². The van der Waals surface area contributed by atoms with E-state index in [4.69, 9.17) is 22.1 Å². The summed E-state index contributed by atoms with van der Waals surface area (Å²) in [5.74, 6) is -0.582. The summed E-state index contributed by atoms with van der Waals surface area (Å²) in [5, 5.41) is 0.0420. The molecule has 0 saturated carbocycles. The first kappa shape index (κ1) is 14.6. The average molecular weight is 348 g/mol. The third kappa shape index (κ3) is 3.59. The van der Waals surface area contributed by atoms with Gasteiger partial charge in [0.1, 0.15) is 0 Å². The van der Waals surface area contributed by atoms with Crippen molar-refractivity contribution in [3.8, 4) is 0 Å². The number of esters is 1. The number of anilines is 1. The number of nitrogen functional groups attached to an aromatic ring is 1. The summed E-state index contributed by atoms with van der Waals surface area (Å²) >= 11 is 5.27. The van der Waals surface area contributed by atoms with Crippen LogP contribution in [-0.2, 0) is 9.47 Å². The van der Waals surface area contributed by atoms with Gasteiger partial charge in [-0.15, -0.1) is 0 Å². The zero-order chi connectivity index (χ0) is 13.8. The minimum absolute atomic E-state index is 0.0420. The number of methoxy groups -OCH3 is 1. The van der Waals surface area contributed by atoms with Crippen LogP contribution in [0.15, 0.2) is 0 Å². The van der Waals surface area contributed by atoms with E-state index in [2.05, 4.69) is 14.7 Å². The Morgan fingerprint density at radius 1 is 1.47 bits per heavy atom. The number of hydrogen-bond donors (Lipinski definition) is 1. The number of hydrogen-bond acceptors (Lipinski definition) is 6. The molecular formula is C11H15AsClN3O3. The van der Waals surface area contributed by atoms with Crippen molar-refractivity contribution < 1.29 is 14.3 Å². The zero-order valence-corrected chi connectivity index (χ0v) is 13.3. The fourth-order valence-electron chi connectivity index (χ4n) is 1.84. The molecule has 1 atom stereocenters. The van der Waals surface area contributed by atoms with E-state index in [0.717, 1.165) is 30.5 Å². The van der Waals surface area contributed by atoms with Gasteiger partial charge in [-0.3, -0.25) is 0 Å². The maximum atomic E-state index is 11.6. The molecule has 1 unspecified atom stereocenters. The minimum atomic E-state index is -0.582. The van der Waals surface area contributed by atoms with Crippen molar-refractivity contribution in [2.24, 2.45) is 0 Å². The number of carbonyl (C=O) groups is 1. The third-order valence-corrected chi connectivity index (χ3v) is 6.47. The molecule has 19 heavy (non-hydrogen) atoms. The van der Waals surface area contributed by atoms with Crippen LogP contribution < -0.4 is 10.2 Å². The Morgan fingerprint density at radius 2 is 2.16 bits per heavy atom. The van der Waals surface area contributed by atoms with Crippen LogP contribution in [0.5, 0.6) is 0 Å². The summed E-state index contributed by atoms with van der Waals surface area (Å²) in [7, 11) is 1.28. The normalized spacial score (nSPS) is 16.9. The molecule has 0 aromatic carbocycles. The summed E-state index contributed by atoms with van der Waals surface area (Å²) in [6.07, 6.45) is 2.02. The van der Waals surface area contributed by atoms with Crippen LogP contribution in [0.25, 0.3) is 0 Å². The van der Waals surface area contributed by atoms with E-state index < -0.39 is 21.7 Å². The molecule has 8 heteroatoms. The molecule has 0 radical (unpaired) electrons. The predicted molar refractivity (Wildman–Crippen MR) is 73.4 cm³/mol. The monoisotopic (exact) mass is 347 g/mol. The van der Waals surface area contributed by atoms with Crippen LogP contribution in [0, 0.1) is 0 Å². The molecule has 0 aliphatic carbocycles. The molecule has 6 nitrogen and oxygen atoms in total. The van der Waals surface area contributed by atoms with Crippen LogP contribution in [-0.4, -0.2) is 52.0 Å². The van der Waals surface area contributed by atoms with Crippen LogP contribution in [0.2, 0.25) is 9.99 Å². The summed E-state index contributed by atoms with van der Waals surface area (Å²) in [4.78, 5) is 19.6. The van der Waals surface area contributed by atoms with Gasteiger partial charge >= 0.3 is 122 Å². The number of rotatable bonds is 3. The van der Waals surface area contributed by atoms with Crippen molar-refractivity contribution >= 4 is 43.5 Å². The van der Waals surface area contributed by atoms with Crippen molar-refractivity contribution in [1.82, 2.24) is 9.97 Å². The van der Waals surface area contributed by atoms with Crippen LogP contribution in [0.3, 0.4) is 0 Å². The number of ether oxygens (including phenoxy) is 2. The van der Waals surface area contributed by atoms with Gasteiger partial charge in [0.05, 0.1) is 0 Å². The molecule has 2 rings (SSSR count). The van der Waals surface area contributed by atoms with E-state index in [1.54, 1.807) is 0 Å². The first-order valence-corrected chi connectivity index (χ1v) is 8.51. The van der Waals surface area contributed by atoms with Gasteiger partial charge in [0.15, 0.2) is 0 Å². The van der Waals surface area contributed by atoms with Gasteiger partial charge in [-0.2, -0.15) is 0 Å². The number of carbonyl (C=O) groups excluding carboxylic acids is 1. The SMILES string of the molecule is COC(=O)c1nc(Cl)nc([AsH]C2CCOCC2)c1N. The van der Waals surface area contributed by atoms with Gasteiger partial charge < -0.3 is 0 Å². The van der Waals surface area contributed by atoms with E-state index in [1.165, 1.54) is 7.11 Å². The fraction of sp³-hybridized carbons (Fsp3) is 0.545. The standard InChI is InChI=1S/C11H15AsClN3O3/c1-18-10(17)8-7(14)9(16-11(13)15-8)12-6-2-4-19-5-3-6/h6,12H,2-5,14H2,1H3. The summed E-state index contributed by atoms with van der Waals surface area (Å²) in [6.45, 7) is 1.55. The van der Waals surface area contributed by atoms with E-state index in [0.29, 0.717) is 10.4 Å². The molecule has 2 heterocycles. The number of nitrogens with two attached hydrogens (primary N) is 1. The third-order valence-electron chi connectivity index (χ3n) is 2.86. The van der Waals surface area contributed by atoms with Gasteiger partial charge in [0.2, 0.25) is 0 Å².